The third-order valence-electron chi connectivity index (χ3n) is 3.26. The lowest BCUT2D eigenvalue weighted by atomic mass is 9.85. The van der Waals surface area contributed by atoms with Crippen LogP contribution in [0.5, 0.6) is 0 Å². The predicted octanol–water partition coefficient (Wildman–Crippen LogP) is 5.18. The van der Waals surface area contributed by atoms with Gasteiger partial charge in [0.2, 0.25) is 0 Å². The fraction of sp³-hybridized carbons (Fsp3) is 0.600. The molecule has 0 aromatic heterocycles. The highest BCUT2D eigenvalue weighted by molar-refractivity contribution is 6.17. The molecule has 0 saturated carbocycles. The highest BCUT2D eigenvalue weighted by Gasteiger charge is 2.15. The van der Waals surface area contributed by atoms with Crippen molar-refractivity contribution in [1.82, 2.24) is 0 Å². The Balaban J connectivity index is 2.85. The zero-order valence-electron chi connectivity index (χ0n) is 10.8. The molecule has 16 heavy (non-hydrogen) atoms. The fourth-order valence-electron chi connectivity index (χ4n) is 2.13. The van der Waals surface area contributed by atoms with Crippen molar-refractivity contribution in [2.24, 2.45) is 5.92 Å². The third-order valence-corrected chi connectivity index (χ3v) is 3.47. The van der Waals surface area contributed by atoms with E-state index < -0.39 is 0 Å². The third kappa shape index (κ3) is 3.52. The van der Waals surface area contributed by atoms with Gasteiger partial charge in [0, 0.05) is 5.88 Å². The normalized spacial score (nSPS) is 13.4. The van der Waals surface area contributed by atoms with E-state index in [2.05, 4.69) is 52.0 Å². The number of benzene rings is 1. The minimum Gasteiger partial charge on any atom is -0.127 e. The van der Waals surface area contributed by atoms with Gasteiger partial charge in [-0.05, 0) is 35.3 Å². The topological polar surface area (TPSA) is 0 Å². The molecule has 90 valence electrons. The summed E-state index contributed by atoms with van der Waals surface area (Å²) in [7, 11) is 0. The molecule has 0 spiro atoms. The second-order valence-corrected chi connectivity index (χ2v) is 5.53. The van der Waals surface area contributed by atoms with E-state index in [0.717, 1.165) is 12.3 Å². The zero-order chi connectivity index (χ0) is 12.1. The Morgan fingerprint density at radius 1 is 0.938 bits per heavy atom. The van der Waals surface area contributed by atoms with Crippen LogP contribution in [0, 0.1) is 5.92 Å². The van der Waals surface area contributed by atoms with Crippen molar-refractivity contribution in [2.45, 2.75) is 46.0 Å². The predicted molar refractivity (Wildman–Crippen MR) is 73.4 cm³/mol. The van der Waals surface area contributed by atoms with Crippen LogP contribution in [0.1, 0.15) is 57.1 Å². The summed E-state index contributed by atoms with van der Waals surface area (Å²) >= 11 is 5.87. The minimum absolute atomic E-state index is 0.596. The summed E-state index contributed by atoms with van der Waals surface area (Å²) in [6.45, 7) is 9.00. The first-order valence-electron chi connectivity index (χ1n) is 6.22. The molecule has 1 unspecified atom stereocenters. The highest BCUT2D eigenvalue weighted by atomic mass is 35.5. The van der Waals surface area contributed by atoms with Crippen LogP contribution < -0.4 is 0 Å². The molecule has 0 aliphatic heterocycles. The van der Waals surface area contributed by atoms with Gasteiger partial charge in [0.15, 0.2) is 0 Å². The maximum Gasteiger partial charge on any atom is 0.0229 e. The van der Waals surface area contributed by atoms with Crippen molar-refractivity contribution in [3.05, 3.63) is 35.4 Å². The lowest BCUT2D eigenvalue weighted by Crippen LogP contribution is -2.07. The van der Waals surface area contributed by atoms with E-state index in [0.29, 0.717) is 17.8 Å². The van der Waals surface area contributed by atoms with E-state index in [4.69, 9.17) is 11.6 Å². The molecule has 0 aliphatic rings. The molecule has 0 nitrogen and oxygen atoms in total. The van der Waals surface area contributed by atoms with Gasteiger partial charge in [0.1, 0.15) is 0 Å². The molecule has 0 fully saturated rings. The van der Waals surface area contributed by atoms with Crippen LogP contribution in [-0.2, 0) is 0 Å². The van der Waals surface area contributed by atoms with E-state index in [-0.39, 0.29) is 0 Å². The monoisotopic (exact) mass is 238 g/mol. The molecular weight excluding hydrogens is 216 g/mol. The Labute approximate surface area is 105 Å². The van der Waals surface area contributed by atoms with Crippen LogP contribution in [0.25, 0.3) is 0 Å². The largest absolute Gasteiger partial charge is 0.127 e. The maximum atomic E-state index is 5.87. The van der Waals surface area contributed by atoms with E-state index in [1.165, 1.54) is 11.1 Å². The first-order chi connectivity index (χ1) is 7.56. The Morgan fingerprint density at radius 3 is 1.81 bits per heavy atom. The number of halogens is 1. The molecular formula is C15H23Cl. The van der Waals surface area contributed by atoms with Gasteiger partial charge >= 0.3 is 0 Å². The Hall–Kier alpha value is -0.490. The second kappa shape index (κ2) is 6.30. The first kappa shape index (κ1) is 13.6. The van der Waals surface area contributed by atoms with Crippen LogP contribution in [0.4, 0.5) is 0 Å². The number of alkyl halides is 1. The lowest BCUT2D eigenvalue weighted by molar-refractivity contribution is 0.487. The number of rotatable bonds is 5. The molecule has 1 aromatic carbocycles. The zero-order valence-corrected chi connectivity index (χ0v) is 11.6. The second-order valence-electron chi connectivity index (χ2n) is 5.15. The molecule has 0 bridgehead atoms. The molecule has 1 rings (SSSR count). The Bertz CT molecular complexity index is 298. The molecule has 1 aromatic rings. The molecule has 0 amide bonds. The van der Waals surface area contributed by atoms with E-state index in [1.54, 1.807) is 0 Å². The van der Waals surface area contributed by atoms with Crippen molar-refractivity contribution in [1.29, 1.82) is 0 Å². The average molecular weight is 239 g/mol. The van der Waals surface area contributed by atoms with Crippen LogP contribution >= 0.6 is 11.6 Å². The van der Waals surface area contributed by atoms with Crippen LogP contribution in [0.2, 0.25) is 0 Å². The smallest absolute Gasteiger partial charge is 0.0229 e. The molecule has 0 heterocycles. The molecule has 1 atom stereocenters. The summed E-state index contributed by atoms with van der Waals surface area (Å²) in [6, 6.07) is 9.05. The molecule has 1 heteroatoms. The van der Waals surface area contributed by atoms with Gasteiger partial charge in [-0.25, -0.2) is 0 Å². The SMILES string of the molecule is CC(C)c1ccc(C(CCCl)C(C)C)cc1. The van der Waals surface area contributed by atoms with Crippen LogP contribution in [0.15, 0.2) is 24.3 Å². The van der Waals surface area contributed by atoms with Crippen molar-refractivity contribution in [3.8, 4) is 0 Å². The van der Waals surface area contributed by atoms with Gasteiger partial charge in [-0.15, -0.1) is 11.6 Å². The van der Waals surface area contributed by atoms with Crippen molar-refractivity contribution in [2.75, 3.05) is 5.88 Å². The van der Waals surface area contributed by atoms with Gasteiger partial charge in [-0.3, -0.25) is 0 Å². The summed E-state index contributed by atoms with van der Waals surface area (Å²) in [4.78, 5) is 0. The quantitative estimate of drug-likeness (QED) is 0.621. The van der Waals surface area contributed by atoms with Gasteiger partial charge in [0.25, 0.3) is 0 Å². The molecule has 0 aliphatic carbocycles. The van der Waals surface area contributed by atoms with Crippen molar-refractivity contribution < 1.29 is 0 Å². The van der Waals surface area contributed by atoms with Gasteiger partial charge in [-0.1, -0.05) is 52.0 Å². The standard InChI is InChI=1S/C15H23Cl/c1-11(2)13-5-7-14(8-6-13)15(9-10-16)12(3)4/h5-8,11-12,15H,9-10H2,1-4H3. The fourth-order valence-corrected chi connectivity index (χ4v) is 2.37. The Morgan fingerprint density at radius 2 is 1.44 bits per heavy atom. The van der Waals surface area contributed by atoms with E-state index in [9.17, 15) is 0 Å². The number of hydrogen-bond donors (Lipinski definition) is 0. The summed E-state index contributed by atoms with van der Waals surface area (Å²) in [5.41, 5.74) is 2.84. The lowest BCUT2D eigenvalue weighted by Gasteiger charge is -2.21. The van der Waals surface area contributed by atoms with Gasteiger partial charge in [0.05, 0.1) is 0 Å². The number of hydrogen-bond acceptors (Lipinski definition) is 0. The summed E-state index contributed by atoms with van der Waals surface area (Å²) < 4.78 is 0. The summed E-state index contributed by atoms with van der Waals surface area (Å²) in [5, 5.41) is 0. The highest BCUT2D eigenvalue weighted by Crippen LogP contribution is 2.29. The van der Waals surface area contributed by atoms with Crippen LogP contribution in [-0.4, -0.2) is 5.88 Å². The van der Waals surface area contributed by atoms with Crippen molar-refractivity contribution >= 4 is 11.6 Å². The van der Waals surface area contributed by atoms with Gasteiger partial charge < -0.3 is 0 Å². The van der Waals surface area contributed by atoms with Crippen LogP contribution in [0.3, 0.4) is 0 Å². The van der Waals surface area contributed by atoms with Gasteiger partial charge in [-0.2, -0.15) is 0 Å². The molecule has 0 N–H and O–H groups in total. The first-order valence-corrected chi connectivity index (χ1v) is 6.75. The van der Waals surface area contributed by atoms with E-state index in [1.807, 2.05) is 0 Å². The minimum atomic E-state index is 0.596. The average Bonchev–Trinajstić information content (AvgIpc) is 2.25. The van der Waals surface area contributed by atoms with E-state index >= 15 is 0 Å². The molecule has 0 saturated heterocycles. The molecule has 0 radical (unpaired) electrons. The summed E-state index contributed by atoms with van der Waals surface area (Å²) in [6.07, 6.45) is 1.07. The van der Waals surface area contributed by atoms with Crippen molar-refractivity contribution in [3.63, 3.8) is 0 Å². The maximum absolute atomic E-state index is 5.87. The Kier molecular flexibility index (Phi) is 5.34. The summed E-state index contributed by atoms with van der Waals surface area (Å²) in [5.74, 6) is 2.61.